The average Bonchev–Trinajstić information content (AvgIpc) is 3.30. The lowest BCUT2D eigenvalue weighted by molar-refractivity contribution is 0.659. The van der Waals surface area contributed by atoms with Crippen molar-refractivity contribution in [1.82, 2.24) is 0 Å². The quantitative estimate of drug-likeness (QED) is 0.190. The van der Waals surface area contributed by atoms with Gasteiger partial charge >= 0.3 is 0 Å². The van der Waals surface area contributed by atoms with Gasteiger partial charge in [-0.25, -0.2) is 0 Å². The van der Waals surface area contributed by atoms with Crippen LogP contribution in [0.4, 0.5) is 17.1 Å². The first-order valence-corrected chi connectivity index (χ1v) is 14.7. The molecule has 1 aliphatic carbocycles. The molecule has 0 N–H and O–H groups in total. The van der Waals surface area contributed by atoms with Gasteiger partial charge in [-0.1, -0.05) is 78.9 Å². The number of hydrogen-bond acceptors (Lipinski definition) is 3. The molecule has 2 aliphatic rings. The van der Waals surface area contributed by atoms with Crippen LogP contribution in [-0.2, 0) is 5.41 Å². The molecule has 7 aromatic rings. The second kappa shape index (κ2) is 8.56. The first-order valence-electron chi connectivity index (χ1n) is 14.7. The standard InChI is InChI=1S/C40H27NO2/c1-24-19-25(2)21-26(20-24)41-35-16-8-6-14-32(35)40(33-15-7-9-17-36(33)41)31-13-5-3-11-27(31)29-23-38-30(22-34(29)40)39(42)28-12-4-10-18-37(28)43-38/h3-23H,1-2H3. The molecular formula is C40H27NO2. The van der Waals surface area contributed by atoms with Crippen molar-refractivity contribution in [3.05, 3.63) is 171 Å². The molecule has 204 valence electrons. The summed E-state index contributed by atoms with van der Waals surface area (Å²) in [5.41, 5.74) is 13.5. The molecule has 0 unspecified atom stereocenters. The number of benzene rings is 6. The molecule has 43 heavy (non-hydrogen) atoms. The molecule has 3 nitrogen and oxygen atoms in total. The molecule has 0 saturated heterocycles. The Hall–Kier alpha value is -5.41. The van der Waals surface area contributed by atoms with E-state index >= 15 is 0 Å². The first kappa shape index (κ1) is 24.2. The van der Waals surface area contributed by atoms with Crippen LogP contribution in [0.15, 0.2) is 137 Å². The summed E-state index contributed by atoms with van der Waals surface area (Å²) in [7, 11) is 0. The molecule has 0 saturated carbocycles. The fourth-order valence-corrected chi connectivity index (χ4v) is 7.76. The average molecular weight is 554 g/mol. The number of aryl methyl sites for hydroxylation is 2. The summed E-state index contributed by atoms with van der Waals surface area (Å²) in [6, 6.07) is 44.7. The lowest BCUT2D eigenvalue weighted by Crippen LogP contribution is -2.36. The first-order chi connectivity index (χ1) is 21.1. The van der Waals surface area contributed by atoms with Crippen molar-refractivity contribution in [2.75, 3.05) is 4.90 Å². The molecular weight excluding hydrogens is 526 g/mol. The number of rotatable bonds is 1. The van der Waals surface area contributed by atoms with Gasteiger partial charge in [-0.3, -0.25) is 4.79 Å². The molecule has 0 amide bonds. The third-order valence-corrected chi connectivity index (χ3v) is 9.30. The number of nitrogens with zero attached hydrogens (tertiary/aromatic N) is 1. The third kappa shape index (κ3) is 3.11. The van der Waals surface area contributed by atoms with Crippen molar-refractivity contribution in [1.29, 1.82) is 0 Å². The lowest BCUT2D eigenvalue weighted by atomic mass is 9.64. The van der Waals surface area contributed by atoms with Crippen LogP contribution in [0.1, 0.15) is 33.4 Å². The highest BCUT2D eigenvalue weighted by atomic mass is 16.3. The Balaban J connectivity index is 1.45. The molecule has 0 bridgehead atoms. The highest BCUT2D eigenvalue weighted by Gasteiger charge is 2.51. The van der Waals surface area contributed by atoms with Gasteiger partial charge in [-0.15, -0.1) is 0 Å². The van der Waals surface area contributed by atoms with E-state index in [0.717, 1.165) is 28.2 Å². The van der Waals surface area contributed by atoms with Gasteiger partial charge in [-0.2, -0.15) is 0 Å². The van der Waals surface area contributed by atoms with E-state index in [9.17, 15) is 4.79 Å². The number of hydrogen-bond donors (Lipinski definition) is 0. The molecule has 1 aliphatic heterocycles. The van der Waals surface area contributed by atoms with Crippen molar-refractivity contribution < 1.29 is 4.42 Å². The van der Waals surface area contributed by atoms with Crippen LogP contribution in [0.3, 0.4) is 0 Å². The minimum absolute atomic E-state index is 0.00000152. The van der Waals surface area contributed by atoms with E-state index in [2.05, 4.69) is 122 Å². The van der Waals surface area contributed by atoms with E-state index < -0.39 is 5.41 Å². The van der Waals surface area contributed by atoms with E-state index in [4.69, 9.17) is 4.42 Å². The minimum atomic E-state index is -0.610. The molecule has 6 aromatic carbocycles. The topological polar surface area (TPSA) is 33.5 Å². The highest BCUT2D eigenvalue weighted by Crippen LogP contribution is 2.63. The van der Waals surface area contributed by atoms with Crippen molar-refractivity contribution >= 4 is 39.0 Å². The Bertz CT molecular complexity index is 2300. The van der Waals surface area contributed by atoms with Crippen molar-refractivity contribution in [3.8, 4) is 11.1 Å². The smallest absolute Gasteiger partial charge is 0.200 e. The monoisotopic (exact) mass is 553 g/mol. The van der Waals surface area contributed by atoms with Gasteiger partial charge in [0.1, 0.15) is 11.2 Å². The molecule has 0 radical (unpaired) electrons. The number of para-hydroxylation sites is 3. The summed E-state index contributed by atoms with van der Waals surface area (Å²) in [5.74, 6) is 0. The summed E-state index contributed by atoms with van der Waals surface area (Å²) in [6.45, 7) is 4.31. The largest absolute Gasteiger partial charge is 0.456 e. The molecule has 0 atom stereocenters. The number of fused-ring (bicyclic) bond motifs is 11. The highest BCUT2D eigenvalue weighted by molar-refractivity contribution is 6.00. The number of anilines is 3. The van der Waals surface area contributed by atoms with Crippen LogP contribution in [0, 0.1) is 13.8 Å². The second-order valence-corrected chi connectivity index (χ2v) is 11.8. The van der Waals surface area contributed by atoms with Gasteiger partial charge in [0.25, 0.3) is 0 Å². The summed E-state index contributed by atoms with van der Waals surface area (Å²) in [4.78, 5) is 16.4. The minimum Gasteiger partial charge on any atom is -0.456 e. The molecule has 1 spiro atoms. The Morgan fingerprint density at radius 2 is 1.14 bits per heavy atom. The lowest BCUT2D eigenvalue weighted by Gasteiger charge is -2.45. The van der Waals surface area contributed by atoms with Crippen LogP contribution in [-0.4, -0.2) is 0 Å². The van der Waals surface area contributed by atoms with E-state index in [1.807, 2.05) is 24.3 Å². The maximum atomic E-state index is 14.0. The Morgan fingerprint density at radius 3 is 1.86 bits per heavy atom. The second-order valence-electron chi connectivity index (χ2n) is 11.8. The van der Waals surface area contributed by atoms with E-state index in [-0.39, 0.29) is 5.43 Å². The fourth-order valence-electron chi connectivity index (χ4n) is 7.76. The SMILES string of the molecule is Cc1cc(C)cc(N2c3ccccc3C3(c4ccccc4-c4cc5oc6ccccc6c(=O)c5cc43)c3ccccc32)c1. The van der Waals surface area contributed by atoms with Gasteiger partial charge < -0.3 is 9.32 Å². The predicted octanol–water partition coefficient (Wildman–Crippen LogP) is 9.71. The maximum absolute atomic E-state index is 14.0. The third-order valence-electron chi connectivity index (χ3n) is 9.30. The van der Waals surface area contributed by atoms with Crippen LogP contribution in [0.5, 0.6) is 0 Å². The van der Waals surface area contributed by atoms with E-state index in [1.165, 1.54) is 33.4 Å². The summed E-state index contributed by atoms with van der Waals surface area (Å²) < 4.78 is 6.37. The van der Waals surface area contributed by atoms with Gasteiger partial charge in [-0.05, 0) is 107 Å². The van der Waals surface area contributed by atoms with E-state index in [0.29, 0.717) is 21.9 Å². The normalized spacial score (nSPS) is 14.0. The summed E-state index contributed by atoms with van der Waals surface area (Å²) in [6.07, 6.45) is 0. The molecule has 1 aromatic heterocycles. The van der Waals surface area contributed by atoms with E-state index in [1.54, 1.807) is 0 Å². The Morgan fingerprint density at radius 1 is 0.535 bits per heavy atom. The summed E-state index contributed by atoms with van der Waals surface area (Å²) >= 11 is 0. The van der Waals surface area contributed by atoms with Gasteiger partial charge in [0.05, 0.1) is 27.6 Å². The summed E-state index contributed by atoms with van der Waals surface area (Å²) in [5, 5.41) is 1.21. The van der Waals surface area contributed by atoms with Gasteiger partial charge in [0.15, 0.2) is 0 Å². The molecule has 0 fully saturated rings. The van der Waals surface area contributed by atoms with Gasteiger partial charge in [0.2, 0.25) is 5.43 Å². The zero-order chi connectivity index (χ0) is 28.9. The zero-order valence-electron chi connectivity index (χ0n) is 23.9. The van der Waals surface area contributed by atoms with Crippen LogP contribution >= 0.6 is 0 Å². The van der Waals surface area contributed by atoms with Gasteiger partial charge in [0, 0.05) is 5.69 Å². The van der Waals surface area contributed by atoms with Crippen LogP contribution in [0.2, 0.25) is 0 Å². The molecule has 3 heteroatoms. The van der Waals surface area contributed by atoms with Crippen molar-refractivity contribution in [3.63, 3.8) is 0 Å². The fraction of sp³-hybridized carbons (Fsp3) is 0.0750. The molecule has 2 heterocycles. The predicted molar refractivity (Wildman–Crippen MR) is 175 cm³/mol. The van der Waals surface area contributed by atoms with Crippen molar-refractivity contribution in [2.24, 2.45) is 0 Å². The van der Waals surface area contributed by atoms with Crippen LogP contribution in [0.25, 0.3) is 33.1 Å². The molecule has 9 rings (SSSR count). The maximum Gasteiger partial charge on any atom is 0.200 e. The van der Waals surface area contributed by atoms with Crippen LogP contribution < -0.4 is 10.3 Å². The van der Waals surface area contributed by atoms with Crippen molar-refractivity contribution in [2.45, 2.75) is 19.3 Å². The zero-order valence-corrected chi connectivity index (χ0v) is 23.9. The Kier molecular flexibility index (Phi) is 4.82. The Labute approximate surface area is 249 Å².